The topological polar surface area (TPSA) is 69.7 Å². The standard InChI is InChI=1S/C19H28BrN3O3S/c1-19(2,3)23-10-4-9-22(11-12-23)18(24)16-13-15(7-8-17(16)20)27(25,26)21-14-5-6-14/h7-8,13-14,21H,4-6,9-12H2,1-3H3. The summed E-state index contributed by atoms with van der Waals surface area (Å²) in [6, 6.07) is 4.71. The van der Waals surface area contributed by atoms with Crippen molar-refractivity contribution in [1.82, 2.24) is 14.5 Å². The molecule has 1 aromatic rings. The van der Waals surface area contributed by atoms with E-state index in [0.29, 0.717) is 23.1 Å². The van der Waals surface area contributed by atoms with Crippen LogP contribution in [0.25, 0.3) is 0 Å². The molecule has 1 saturated heterocycles. The van der Waals surface area contributed by atoms with E-state index in [0.717, 1.165) is 32.4 Å². The quantitative estimate of drug-likeness (QED) is 0.754. The summed E-state index contributed by atoms with van der Waals surface area (Å²) in [6.07, 6.45) is 2.65. The molecule has 1 N–H and O–H groups in total. The molecule has 8 heteroatoms. The smallest absolute Gasteiger partial charge is 0.255 e. The largest absolute Gasteiger partial charge is 0.337 e. The van der Waals surface area contributed by atoms with Gasteiger partial charge in [-0.3, -0.25) is 9.69 Å². The molecule has 1 heterocycles. The second kappa shape index (κ2) is 7.81. The summed E-state index contributed by atoms with van der Waals surface area (Å²) in [5, 5.41) is 0. The fourth-order valence-corrected chi connectivity index (χ4v) is 5.03. The number of hydrogen-bond acceptors (Lipinski definition) is 4. The predicted molar refractivity (Wildman–Crippen MR) is 109 cm³/mol. The minimum Gasteiger partial charge on any atom is -0.337 e. The lowest BCUT2D eigenvalue weighted by Gasteiger charge is -2.34. The second-order valence-electron chi connectivity index (χ2n) is 8.34. The number of amides is 1. The zero-order chi connectivity index (χ0) is 19.8. The molecule has 2 aliphatic rings. The van der Waals surface area contributed by atoms with Crippen LogP contribution in [0.3, 0.4) is 0 Å². The van der Waals surface area contributed by atoms with Crippen molar-refractivity contribution in [3.05, 3.63) is 28.2 Å². The summed E-state index contributed by atoms with van der Waals surface area (Å²) in [6.45, 7) is 9.63. The lowest BCUT2D eigenvalue weighted by molar-refractivity contribution is 0.0748. The maximum absolute atomic E-state index is 13.1. The van der Waals surface area contributed by atoms with Crippen molar-refractivity contribution in [3.63, 3.8) is 0 Å². The summed E-state index contributed by atoms with van der Waals surface area (Å²) < 4.78 is 28.3. The van der Waals surface area contributed by atoms with Crippen LogP contribution in [-0.4, -0.2) is 61.9 Å². The van der Waals surface area contributed by atoms with Gasteiger partial charge < -0.3 is 4.90 Å². The summed E-state index contributed by atoms with van der Waals surface area (Å²) >= 11 is 3.42. The molecule has 27 heavy (non-hydrogen) atoms. The fraction of sp³-hybridized carbons (Fsp3) is 0.632. The van der Waals surface area contributed by atoms with Gasteiger partial charge in [-0.05, 0) is 74.2 Å². The summed E-state index contributed by atoms with van der Waals surface area (Å²) in [4.78, 5) is 17.5. The first kappa shape index (κ1) is 20.8. The highest BCUT2D eigenvalue weighted by atomic mass is 79.9. The van der Waals surface area contributed by atoms with E-state index >= 15 is 0 Å². The van der Waals surface area contributed by atoms with Crippen LogP contribution in [0.4, 0.5) is 0 Å². The van der Waals surface area contributed by atoms with Crippen LogP contribution in [0.15, 0.2) is 27.6 Å². The van der Waals surface area contributed by atoms with Gasteiger partial charge in [0.2, 0.25) is 10.0 Å². The Balaban J connectivity index is 1.79. The first-order chi connectivity index (χ1) is 12.6. The number of nitrogens with one attached hydrogen (secondary N) is 1. The molecule has 1 aliphatic carbocycles. The van der Waals surface area contributed by atoms with E-state index < -0.39 is 10.0 Å². The van der Waals surface area contributed by atoms with Crippen molar-refractivity contribution in [2.24, 2.45) is 0 Å². The number of hydrogen-bond donors (Lipinski definition) is 1. The Kier molecular flexibility index (Phi) is 6.01. The molecule has 3 rings (SSSR count). The lowest BCUT2D eigenvalue weighted by Crippen LogP contribution is -2.44. The molecule has 1 amide bonds. The van der Waals surface area contributed by atoms with Crippen LogP contribution in [0.1, 0.15) is 50.4 Å². The summed E-state index contributed by atoms with van der Waals surface area (Å²) in [5.41, 5.74) is 0.472. The molecule has 1 aliphatic heterocycles. The minimum absolute atomic E-state index is 0.0341. The Morgan fingerprint density at radius 2 is 1.85 bits per heavy atom. The number of sulfonamides is 1. The van der Waals surface area contributed by atoms with Crippen molar-refractivity contribution < 1.29 is 13.2 Å². The van der Waals surface area contributed by atoms with Gasteiger partial charge in [-0.1, -0.05) is 0 Å². The van der Waals surface area contributed by atoms with Gasteiger partial charge in [0, 0.05) is 42.2 Å². The molecule has 6 nitrogen and oxygen atoms in total. The Morgan fingerprint density at radius 3 is 2.48 bits per heavy atom. The van der Waals surface area contributed by atoms with Crippen molar-refractivity contribution >= 4 is 31.9 Å². The third kappa shape index (κ3) is 5.10. The Labute approximate surface area is 170 Å². The second-order valence-corrected chi connectivity index (χ2v) is 10.9. The zero-order valence-electron chi connectivity index (χ0n) is 16.2. The zero-order valence-corrected chi connectivity index (χ0v) is 18.6. The molecular formula is C19H28BrN3O3S. The van der Waals surface area contributed by atoms with Gasteiger partial charge in [-0.15, -0.1) is 0 Å². The van der Waals surface area contributed by atoms with Crippen LogP contribution in [0.2, 0.25) is 0 Å². The highest BCUT2D eigenvalue weighted by Crippen LogP contribution is 2.26. The van der Waals surface area contributed by atoms with Crippen LogP contribution < -0.4 is 4.72 Å². The van der Waals surface area contributed by atoms with E-state index in [4.69, 9.17) is 0 Å². The maximum atomic E-state index is 13.1. The van der Waals surface area contributed by atoms with E-state index in [1.165, 1.54) is 12.1 Å². The van der Waals surface area contributed by atoms with Crippen LogP contribution in [0, 0.1) is 0 Å². The average Bonchev–Trinajstić information content (AvgIpc) is 3.39. The van der Waals surface area contributed by atoms with Crippen molar-refractivity contribution in [2.45, 2.75) is 56.5 Å². The fourth-order valence-electron chi connectivity index (χ4n) is 3.29. The third-order valence-electron chi connectivity index (χ3n) is 5.11. The van der Waals surface area contributed by atoms with E-state index in [1.54, 1.807) is 6.07 Å². The first-order valence-electron chi connectivity index (χ1n) is 9.44. The average molecular weight is 458 g/mol. The van der Waals surface area contributed by atoms with Crippen LogP contribution in [-0.2, 0) is 10.0 Å². The molecule has 0 atom stereocenters. The van der Waals surface area contributed by atoms with Gasteiger partial charge in [0.25, 0.3) is 5.91 Å². The SMILES string of the molecule is CC(C)(C)N1CCCN(C(=O)c2cc(S(=O)(=O)NC3CC3)ccc2Br)CC1. The van der Waals surface area contributed by atoms with Crippen molar-refractivity contribution in [3.8, 4) is 0 Å². The summed E-state index contributed by atoms with van der Waals surface area (Å²) in [7, 11) is -3.59. The van der Waals surface area contributed by atoms with Crippen LogP contribution in [0.5, 0.6) is 0 Å². The number of halogens is 1. The van der Waals surface area contributed by atoms with E-state index in [-0.39, 0.29) is 22.4 Å². The molecule has 2 fully saturated rings. The van der Waals surface area contributed by atoms with Gasteiger partial charge in [0.05, 0.1) is 10.5 Å². The molecule has 0 unspecified atom stereocenters. The van der Waals surface area contributed by atoms with Crippen LogP contribution >= 0.6 is 15.9 Å². The molecular weight excluding hydrogens is 430 g/mol. The van der Waals surface area contributed by atoms with Gasteiger partial charge in [0.1, 0.15) is 0 Å². The number of nitrogens with zero attached hydrogens (tertiary/aromatic N) is 2. The van der Waals surface area contributed by atoms with Gasteiger partial charge in [-0.25, -0.2) is 13.1 Å². The monoisotopic (exact) mass is 457 g/mol. The predicted octanol–water partition coefficient (Wildman–Crippen LogP) is 2.84. The van der Waals surface area contributed by atoms with E-state index in [9.17, 15) is 13.2 Å². The number of carbonyl (C=O) groups is 1. The molecule has 1 saturated carbocycles. The minimum atomic E-state index is -3.59. The molecule has 1 aromatic carbocycles. The Hall–Kier alpha value is -0.960. The van der Waals surface area contributed by atoms with Gasteiger partial charge >= 0.3 is 0 Å². The number of benzene rings is 1. The third-order valence-corrected chi connectivity index (χ3v) is 7.32. The molecule has 0 bridgehead atoms. The molecule has 0 spiro atoms. The van der Waals surface area contributed by atoms with E-state index in [1.807, 2.05) is 4.90 Å². The molecule has 0 aromatic heterocycles. The Morgan fingerprint density at radius 1 is 1.15 bits per heavy atom. The molecule has 150 valence electrons. The maximum Gasteiger partial charge on any atom is 0.255 e. The van der Waals surface area contributed by atoms with Gasteiger partial charge in [-0.2, -0.15) is 0 Å². The van der Waals surface area contributed by atoms with E-state index in [2.05, 4.69) is 46.3 Å². The summed E-state index contributed by atoms with van der Waals surface area (Å²) in [5.74, 6) is -0.124. The number of rotatable bonds is 4. The van der Waals surface area contributed by atoms with Gasteiger partial charge in [0.15, 0.2) is 0 Å². The normalized spacial score (nSPS) is 19.8. The lowest BCUT2D eigenvalue weighted by atomic mass is 10.1. The molecule has 0 radical (unpaired) electrons. The highest BCUT2D eigenvalue weighted by Gasteiger charge is 2.30. The van der Waals surface area contributed by atoms with Crippen molar-refractivity contribution in [2.75, 3.05) is 26.2 Å². The first-order valence-corrected chi connectivity index (χ1v) is 11.7. The number of carbonyl (C=O) groups excluding carboxylic acids is 1. The highest BCUT2D eigenvalue weighted by molar-refractivity contribution is 9.10. The van der Waals surface area contributed by atoms with Crippen molar-refractivity contribution in [1.29, 1.82) is 0 Å². The Bertz CT molecular complexity index is 816.